The van der Waals surface area contributed by atoms with Gasteiger partial charge in [-0.15, -0.1) is 0 Å². The van der Waals surface area contributed by atoms with Crippen LogP contribution in [0.25, 0.3) is 0 Å². The molecule has 4 N–H and O–H groups in total. The molecule has 2 rings (SSSR count). The van der Waals surface area contributed by atoms with Gasteiger partial charge in [0.05, 0.1) is 12.2 Å². The van der Waals surface area contributed by atoms with E-state index in [-0.39, 0.29) is 5.41 Å². The topological polar surface area (TPSA) is 69.7 Å². The molecule has 4 nitrogen and oxygen atoms in total. The van der Waals surface area contributed by atoms with E-state index < -0.39 is 12.2 Å². The molecule has 1 saturated heterocycles. The van der Waals surface area contributed by atoms with Gasteiger partial charge in [-0.3, -0.25) is 4.90 Å². The Balaban J connectivity index is 1.90. The Hall–Kier alpha value is -0.160. The lowest BCUT2D eigenvalue weighted by Gasteiger charge is -2.32. The molecule has 88 valence electrons. The van der Waals surface area contributed by atoms with Gasteiger partial charge in [0.15, 0.2) is 0 Å². The first-order chi connectivity index (χ1) is 7.15. The van der Waals surface area contributed by atoms with E-state index in [2.05, 4.69) is 4.90 Å². The molecule has 2 atom stereocenters. The second kappa shape index (κ2) is 4.37. The fourth-order valence-corrected chi connectivity index (χ4v) is 3.00. The van der Waals surface area contributed by atoms with Crippen LogP contribution in [0.2, 0.25) is 0 Å². The molecule has 0 amide bonds. The molecule has 1 saturated carbocycles. The zero-order valence-electron chi connectivity index (χ0n) is 9.23. The minimum absolute atomic E-state index is 0.254. The number of aliphatic hydroxyl groups excluding tert-OH is 2. The van der Waals surface area contributed by atoms with Crippen LogP contribution in [0.5, 0.6) is 0 Å². The molecule has 4 heteroatoms. The van der Waals surface area contributed by atoms with Crippen LogP contribution >= 0.6 is 0 Å². The standard InChI is InChI=1S/C11H22N2O2/c12-7-11(3-1-2-4-11)8-13-5-9(14)10(15)6-13/h9-10,14-15H,1-8,12H2. The van der Waals surface area contributed by atoms with E-state index in [9.17, 15) is 10.2 Å². The molecule has 0 aromatic heterocycles. The molecule has 1 heterocycles. The summed E-state index contributed by atoms with van der Waals surface area (Å²) in [6.07, 6.45) is 3.81. The van der Waals surface area contributed by atoms with E-state index in [0.29, 0.717) is 13.1 Å². The molecule has 0 bridgehead atoms. The predicted molar refractivity (Wildman–Crippen MR) is 58.4 cm³/mol. The Morgan fingerprint density at radius 1 is 1.13 bits per heavy atom. The van der Waals surface area contributed by atoms with E-state index >= 15 is 0 Å². The van der Waals surface area contributed by atoms with E-state index in [1.54, 1.807) is 0 Å². The van der Waals surface area contributed by atoms with Crippen molar-refractivity contribution in [2.45, 2.75) is 37.9 Å². The Labute approximate surface area is 91.1 Å². The van der Waals surface area contributed by atoms with Crippen molar-refractivity contribution < 1.29 is 10.2 Å². The smallest absolute Gasteiger partial charge is 0.0938 e. The maximum atomic E-state index is 9.48. The average molecular weight is 214 g/mol. The minimum atomic E-state index is -0.568. The van der Waals surface area contributed by atoms with Crippen LogP contribution in [0.4, 0.5) is 0 Å². The van der Waals surface area contributed by atoms with Crippen LogP contribution in [0.1, 0.15) is 25.7 Å². The minimum Gasteiger partial charge on any atom is -0.389 e. The maximum absolute atomic E-state index is 9.48. The van der Waals surface area contributed by atoms with Crippen molar-refractivity contribution in [2.24, 2.45) is 11.1 Å². The first kappa shape index (κ1) is 11.3. The second-order valence-corrected chi connectivity index (χ2v) is 5.24. The third kappa shape index (κ3) is 2.33. The lowest BCUT2D eigenvalue weighted by atomic mass is 9.86. The summed E-state index contributed by atoms with van der Waals surface area (Å²) >= 11 is 0. The molecule has 0 aromatic rings. The van der Waals surface area contributed by atoms with Crippen LogP contribution in [-0.4, -0.2) is 53.5 Å². The van der Waals surface area contributed by atoms with Gasteiger partial charge in [-0.05, 0) is 24.8 Å². The number of aliphatic hydroxyl groups is 2. The van der Waals surface area contributed by atoms with Crippen molar-refractivity contribution in [3.8, 4) is 0 Å². The molecule has 1 aliphatic carbocycles. The van der Waals surface area contributed by atoms with Crippen molar-refractivity contribution >= 4 is 0 Å². The normalized spacial score (nSPS) is 36.2. The van der Waals surface area contributed by atoms with Crippen molar-refractivity contribution in [2.75, 3.05) is 26.2 Å². The van der Waals surface area contributed by atoms with Gasteiger partial charge in [-0.2, -0.15) is 0 Å². The van der Waals surface area contributed by atoms with Gasteiger partial charge >= 0.3 is 0 Å². The number of hydrogen-bond acceptors (Lipinski definition) is 4. The van der Waals surface area contributed by atoms with Crippen LogP contribution in [0.15, 0.2) is 0 Å². The zero-order valence-corrected chi connectivity index (χ0v) is 9.23. The SMILES string of the molecule is NCC1(CN2CC(O)C(O)C2)CCCC1. The second-order valence-electron chi connectivity index (χ2n) is 5.24. The van der Waals surface area contributed by atoms with Crippen LogP contribution in [-0.2, 0) is 0 Å². The Morgan fingerprint density at radius 3 is 2.13 bits per heavy atom. The van der Waals surface area contributed by atoms with Crippen molar-refractivity contribution in [1.82, 2.24) is 4.90 Å². The lowest BCUT2D eigenvalue weighted by molar-refractivity contribution is 0.0572. The van der Waals surface area contributed by atoms with Crippen molar-refractivity contribution in [3.05, 3.63) is 0 Å². The maximum Gasteiger partial charge on any atom is 0.0938 e. The first-order valence-electron chi connectivity index (χ1n) is 5.94. The molecule has 2 unspecified atom stereocenters. The molecule has 2 aliphatic rings. The van der Waals surface area contributed by atoms with Gasteiger partial charge < -0.3 is 15.9 Å². The summed E-state index contributed by atoms with van der Waals surface area (Å²) < 4.78 is 0. The van der Waals surface area contributed by atoms with Gasteiger partial charge in [-0.25, -0.2) is 0 Å². The lowest BCUT2D eigenvalue weighted by Crippen LogP contribution is -2.40. The highest BCUT2D eigenvalue weighted by atomic mass is 16.3. The quantitative estimate of drug-likeness (QED) is 0.595. The monoisotopic (exact) mass is 214 g/mol. The van der Waals surface area contributed by atoms with E-state index in [4.69, 9.17) is 5.73 Å². The number of rotatable bonds is 3. The summed E-state index contributed by atoms with van der Waals surface area (Å²) in [5, 5.41) is 19.0. The highest BCUT2D eigenvalue weighted by Gasteiger charge is 2.38. The van der Waals surface area contributed by atoms with E-state index in [1.807, 2.05) is 0 Å². The summed E-state index contributed by atoms with van der Waals surface area (Å²) in [5.74, 6) is 0. The fourth-order valence-electron chi connectivity index (χ4n) is 3.00. The van der Waals surface area contributed by atoms with Gasteiger partial charge in [0.25, 0.3) is 0 Å². The van der Waals surface area contributed by atoms with Gasteiger partial charge in [0.1, 0.15) is 0 Å². The molecular weight excluding hydrogens is 192 g/mol. The summed E-state index contributed by atoms with van der Waals surface area (Å²) in [5.41, 5.74) is 6.12. The summed E-state index contributed by atoms with van der Waals surface area (Å²) in [4.78, 5) is 2.16. The Kier molecular flexibility index (Phi) is 3.30. The third-order valence-electron chi connectivity index (χ3n) is 3.99. The molecule has 0 aromatic carbocycles. The first-order valence-corrected chi connectivity index (χ1v) is 5.94. The number of β-amino-alcohol motifs (C(OH)–C–C–N with tert-alkyl or cyclic N) is 2. The molecule has 15 heavy (non-hydrogen) atoms. The predicted octanol–water partition coefficient (Wildman–Crippen LogP) is -0.457. The molecule has 1 aliphatic heterocycles. The number of hydrogen-bond donors (Lipinski definition) is 3. The van der Waals surface area contributed by atoms with Crippen molar-refractivity contribution in [1.29, 1.82) is 0 Å². The van der Waals surface area contributed by atoms with Gasteiger partial charge in [0.2, 0.25) is 0 Å². The zero-order chi connectivity index (χ0) is 10.9. The highest BCUT2D eigenvalue weighted by Crippen LogP contribution is 2.38. The molecule has 0 spiro atoms. The Morgan fingerprint density at radius 2 is 1.67 bits per heavy atom. The summed E-state index contributed by atoms with van der Waals surface area (Å²) in [7, 11) is 0. The number of nitrogens with zero attached hydrogens (tertiary/aromatic N) is 1. The van der Waals surface area contributed by atoms with Crippen molar-refractivity contribution in [3.63, 3.8) is 0 Å². The largest absolute Gasteiger partial charge is 0.389 e. The fraction of sp³-hybridized carbons (Fsp3) is 1.00. The number of nitrogens with two attached hydrogens (primary N) is 1. The highest BCUT2D eigenvalue weighted by molar-refractivity contribution is 4.92. The third-order valence-corrected chi connectivity index (χ3v) is 3.99. The van der Waals surface area contributed by atoms with Gasteiger partial charge in [-0.1, -0.05) is 12.8 Å². The van der Waals surface area contributed by atoms with Gasteiger partial charge in [0, 0.05) is 19.6 Å². The van der Waals surface area contributed by atoms with E-state index in [0.717, 1.165) is 13.1 Å². The van der Waals surface area contributed by atoms with Crippen LogP contribution in [0, 0.1) is 5.41 Å². The van der Waals surface area contributed by atoms with E-state index in [1.165, 1.54) is 25.7 Å². The molecule has 2 fully saturated rings. The van der Waals surface area contributed by atoms with Crippen LogP contribution in [0.3, 0.4) is 0 Å². The van der Waals surface area contributed by atoms with Crippen LogP contribution < -0.4 is 5.73 Å². The molecular formula is C11H22N2O2. The number of likely N-dealkylation sites (tertiary alicyclic amines) is 1. The molecule has 0 radical (unpaired) electrons. The Bertz CT molecular complexity index is 207. The summed E-state index contributed by atoms with van der Waals surface area (Å²) in [6, 6.07) is 0. The summed E-state index contributed by atoms with van der Waals surface area (Å²) in [6.45, 7) is 2.87. The average Bonchev–Trinajstić information content (AvgIpc) is 2.77.